The van der Waals surface area contributed by atoms with E-state index in [9.17, 15) is 19.8 Å². The van der Waals surface area contributed by atoms with Crippen LogP contribution in [0.3, 0.4) is 0 Å². The summed E-state index contributed by atoms with van der Waals surface area (Å²) >= 11 is 0. The summed E-state index contributed by atoms with van der Waals surface area (Å²) in [5.74, 6) is -1.49. The lowest BCUT2D eigenvalue weighted by Gasteiger charge is -2.12. The zero-order valence-electron chi connectivity index (χ0n) is 8.34. The van der Waals surface area contributed by atoms with Crippen molar-refractivity contribution in [3.8, 4) is 0 Å². The van der Waals surface area contributed by atoms with Gasteiger partial charge < -0.3 is 19.7 Å². The molecule has 1 fully saturated rings. The van der Waals surface area contributed by atoms with Gasteiger partial charge in [-0.3, -0.25) is 14.9 Å². The molecular formula is C8H13NO6. The third-order valence-corrected chi connectivity index (χ3v) is 2.30. The summed E-state index contributed by atoms with van der Waals surface area (Å²) in [4.78, 5) is 22.2. The van der Waals surface area contributed by atoms with Gasteiger partial charge in [0.1, 0.15) is 24.3 Å². The van der Waals surface area contributed by atoms with Crippen molar-refractivity contribution in [1.82, 2.24) is 5.32 Å². The quantitative estimate of drug-likeness (QED) is 0.437. The van der Waals surface area contributed by atoms with Crippen LogP contribution in [-0.2, 0) is 19.1 Å². The van der Waals surface area contributed by atoms with Crippen molar-refractivity contribution in [2.75, 3.05) is 14.2 Å². The van der Waals surface area contributed by atoms with Crippen LogP contribution >= 0.6 is 0 Å². The van der Waals surface area contributed by atoms with Gasteiger partial charge in [-0.1, -0.05) is 0 Å². The summed E-state index contributed by atoms with van der Waals surface area (Å²) in [5, 5.41) is 21.3. The van der Waals surface area contributed by atoms with Crippen molar-refractivity contribution >= 4 is 11.9 Å². The third-order valence-electron chi connectivity index (χ3n) is 2.30. The molecule has 0 aromatic carbocycles. The van der Waals surface area contributed by atoms with E-state index in [2.05, 4.69) is 14.8 Å². The molecule has 1 rings (SSSR count). The van der Waals surface area contributed by atoms with Gasteiger partial charge in [0.2, 0.25) is 0 Å². The average Bonchev–Trinajstić information content (AvgIpc) is 2.54. The number of hydrogen-bond acceptors (Lipinski definition) is 7. The minimum absolute atomic E-state index is 0.743. The number of esters is 2. The minimum atomic E-state index is -1.39. The highest BCUT2D eigenvalue weighted by atomic mass is 16.5. The topological polar surface area (TPSA) is 105 Å². The molecule has 7 nitrogen and oxygen atoms in total. The second-order valence-corrected chi connectivity index (χ2v) is 3.15. The fraction of sp³-hybridized carbons (Fsp3) is 0.750. The smallest absolute Gasteiger partial charge is 0.325 e. The lowest BCUT2D eigenvalue weighted by molar-refractivity contribution is -0.146. The Bertz CT molecular complexity index is 242. The Morgan fingerprint density at radius 2 is 1.33 bits per heavy atom. The van der Waals surface area contributed by atoms with E-state index in [1.165, 1.54) is 0 Å². The monoisotopic (exact) mass is 219 g/mol. The van der Waals surface area contributed by atoms with Crippen LogP contribution in [0.5, 0.6) is 0 Å². The number of carbonyl (C=O) groups excluding carboxylic acids is 2. The van der Waals surface area contributed by atoms with Crippen LogP contribution in [0.25, 0.3) is 0 Å². The first kappa shape index (κ1) is 11.9. The summed E-state index contributed by atoms with van der Waals surface area (Å²) in [5.41, 5.74) is 0. The minimum Gasteiger partial charge on any atom is -0.468 e. The van der Waals surface area contributed by atoms with Crippen molar-refractivity contribution in [2.24, 2.45) is 0 Å². The van der Waals surface area contributed by atoms with Crippen LogP contribution in [0.15, 0.2) is 0 Å². The van der Waals surface area contributed by atoms with E-state index in [0.717, 1.165) is 14.2 Å². The maximum absolute atomic E-state index is 11.1. The van der Waals surface area contributed by atoms with Crippen LogP contribution in [-0.4, -0.2) is 60.7 Å². The van der Waals surface area contributed by atoms with E-state index in [4.69, 9.17) is 0 Å². The molecular weight excluding hydrogens is 206 g/mol. The summed E-state index contributed by atoms with van der Waals surface area (Å²) in [6.07, 6.45) is -2.77. The number of hydrogen-bond donors (Lipinski definition) is 3. The zero-order valence-corrected chi connectivity index (χ0v) is 8.34. The number of rotatable bonds is 2. The van der Waals surface area contributed by atoms with Crippen LogP contribution in [0.2, 0.25) is 0 Å². The first-order valence-electron chi connectivity index (χ1n) is 4.30. The molecule has 1 saturated heterocycles. The van der Waals surface area contributed by atoms with E-state index in [-0.39, 0.29) is 0 Å². The second kappa shape index (κ2) is 4.56. The fourth-order valence-electron chi connectivity index (χ4n) is 1.45. The van der Waals surface area contributed by atoms with Gasteiger partial charge in [-0.25, -0.2) is 0 Å². The lowest BCUT2D eigenvalue weighted by Crippen LogP contribution is -2.43. The van der Waals surface area contributed by atoms with Crippen molar-refractivity contribution < 1.29 is 29.3 Å². The van der Waals surface area contributed by atoms with Crippen LogP contribution in [0.4, 0.5) is 0 Å². The van der Waals surface area contributed by atoms with Gasteiger partial charge >= 0.3 is 11.9 Å². The van der Waals surface area contributed by atoms with E-state index >= 15 is 0 Å². The first-order chi connectivity index (χ1) is 7.02. The number of methoxy groups -OCH3 is 2. The standard InChI is InChI=1S/C8H13NO6/c1-14-7(12)3-5(10)6(11)4(9-3)8(13)15-2/h3-6,9-11H,1-2H3. The average molecular weight is 219 g/mol. The molecule has 1 heterocycles. The van der Waals surface area contributed by atoms with Gasteiger partial charge in [0.15, 0.2) is 0 Å². The van der Waals surface area contributed by atoms with Gasteiger partial charge in [0, 0.05) is 0 Å². The Balaban J connectivity index is 2.75. The fourth-order valence-corrected chi connectivity index (χ4v) is 1.45. The summed E-state index contributed by atoms with van der Waals surface area (Å²) in [6.45, 7) is 0. The molecule has 0 saturated carbocycles. The number of aliphatic hydroxyl groups excluding tert-OH is 2. The summed E-state index contributed by atoms with van der Waals surface area (Å²) < 4.78 is 8.78. The Kier molecular flexibility index (Phi) is 3.61. The molecule has 0 radical (unpaired) electrons. The maximum Gasteiger partial charge on any atom is 0.325 e. The molecule has 1 aliphatic rings. The first-order valence-corrected chi connectivity index (χ1v) is 4.30. The van der Waals surface area contributed by atoms with Crippen molar-refractivity contribution in [1.29, 1.82) is 0 Å². The van der Waals surface area contributed by atoms with Crippen molar-refractivity contribution in [3.05, 3.63) is 0 Å². The lowest BCUT2D eigenvalue weighted by atomic mass is 10.1. The molecule has 0 aromatic rings. The molecule has 86 valence electrons. The summed E-state index contributed by atoms with van der Waals surface area (Å²) in [7, 11) is 2.29. The number of carbonyl (C=O) groups is 2. The molecule has 4 unspecified atom stereocenters. The van der Waals surface area contributed by atoms with Gasteiger partial charge in [-0.05, 0) is 0 Å². The Labute approximate surface area is 86.0 Å². The number of nitrogens with one attached hydrogen (secondary N) is 1. The molecule has 7 heteroatoms. The Hall–Kier alpha value is -1.18. The predicted molar refractivity (Wildman–Crippen MR) is 46.8 cm³/mol. The largest absolute Gasteiger partial charge is 0.468 e. The Morgan fingerprint density at radius 3 is 1.60 bits per heavy atom. The zero-order chi connectivity index (χ0) is 11.6. The molecule has 0 spiro atoms. The van der Waals surface area contributed by atoms with E-state index in [1.54, 1.807) is 0 Å². The van der Waals surface area contributed by atoms with E-state index in [1.807, 2.05) is 0 Å². The van der Waals surface area contributed by atoms with Gasteiger partial charge in [-0.2, -0.15) is 0 Å². The van der Waals surface area contributed by atoms with Crippen molar-refractivity contribution in [2.45, 2.75) is 24.3 Å². The molecule has 0 bridgehead atoms. The van der Waals surface area contributed by atoms with Crippen LogP contribution < -0.4 is 5.32 Å². The highest BCUT2D eigenvalue weighted by Crippen LogP contribution is 2.16. The normalized spacial score (nSPS) is 34.9. The third kappa shape index (κ3) is 2.09. The molecule has 4 atom stereocenters. The van der Waals surface area contributed by atoms with E-state index < -0.39 is 36.2 Å². The van der Waals surface area contributed by atoms with Crippen LogP contribution in [0.1, 0.15) is 0 Å². The number of aliphatic hydroxyl groups is 2. The molecule has 0 aromatic heterocycles. The van der Waals surface area contributed by atoms with Gasteiger partial charge in [-0.15, -0.1) is 0 Å². The second-order valence-electron chi connectivity index (χ2n) is 3.15. The highest BCUT2D eigenvalue weighted by Gasteiger charge is 2.48. The van der Waals surface area contributed by atoms with Gasteiger partial charge in [0.05, 0.1) is 14.2 Å². The predicted octanol–water partition coefficient (Wildman–Crippen LogP) is -2.61. The van der Waals surface area contributed by atoms with E-state index in [0.29, 0.717) is 0 Å². The molecule has 1 aliphatic heterocycles. The molecule has 0 amide bonds. The van der Waals surface area contributed by atoms with Crippen molar-refractivity contribution in [3.63, 3.8) is 0 Å². The van der Waals surface area contributed by atoms with Crippen LogP contribution in [0, 0.1) is 0 Å². The van der Waals surface area contributed by atoms with Gasteiger partial charge in [0.25, 0.3) is 0 Å². The SMILES string of the molecule is COC(=O)C1NC(C(=O)OC)C(O)C1O. The molecule has 3 N–H and O–H groups in total. The molecule has 15 heavy (non-hydrogen) atoms. The summed E-state index contributed by atoms with van der Waals surface area (Å²) in [6, 6.07) is -2.23. The maximum atomic E-state index is 11.1. The molecule has 0 aliphatic carbocycles. The number of ether oxygens (including phenoxy) is 2. The Morgan fingerprint density at radius 1 is 1.00 bits per heavy atom. The highest BCUT2D eigenvalue weighted by molar-refractivity contribution is 5.82.